The van der Waals surface area contributed by atoms with Crippen molar-refractivity contribution in [3.8, 4) is 0 Å². The lowest BCUT2D eigenvalue weighted by Gasteiger charge is -2.17. The van der Waals surface area contributed by atoms with E-state index in [1.165, 1.54) is 5.56 Å². The molecule has 0 bridgehead atoms. The van der Waals surface area contributed by atoms with Crippen LogP contribution in [0.5, 0.6) is 0 Å². The van der Waals surface area contributed by atoms with E-state index in [1.54, 1.807) is 6.26 Å². The van der Waals surface area contributed by atoms with E-state index in [4.69, 9.17) is 16.0 Å². The molecule has 0 saturated heterocycles. The van der Waals surface area contributed by atoms with Crippen molar-refractivity contribution in [3.05, 3.63) is 59.0 Å². The van der Waals surface area contributed by atoms with Crippen LogP contribution in [0.25, 0.3) is 0 Å². The van der Waals surface area contributed by atoms with Crippen LogP contribution in [0.1, 0.15) is 17.2 Å². The topological polar surface area (TPSA) is 25.2 Å². The summed E-state index contributed by atoms with van der Waals surface area (Å²) in [6, 6.07) is 11.9. The highest BCUT2D eigenvalue weighted by molar-refractivity contribution is 6.31. The third kappa shape index (κ3) is 3.11. The van der Waals surface area contributed by atoms with E-state index in [9.17, 15) is 0 Å². The Morgan fingerprint density at radius 3 is 2.71 bits per heavy atom. The molecule has 0 aliphatic heterocycles. The van der Waals surface area contributed by atoms with Gasteiger partial charge in [0.1, 0.15) is 5.76 Å². The van der Waals surface area contributed by atoms with E-state index in [-0.39, 0.29) is 0 Å². The number of nitrogens with one attached hydrogen (secondary N) is 1. The maximum Gasteiger partial charge on any atom is 0.104 e. The molecule has 2 aromatic rings. The van der Waals surface area contributed by atoms with Crippen LogP contribution in [0.3, 0.4) is 0 Å². The summed E-state index contributed by atoms with van der Waals surface area (Å²) in [6.07, 6.45) is 2.57. The lowest BCUT2D eigenvalue weighted by Crippen LogP contribution is -2.19. The summed E-state index contributed by atoms with van der Waals surface area (Å²) in [4.78, 5) is 0. The molecule has 0 amide bonds. The lowest BCUT2D eigenvalue weighted by molar-refractivity contribution is 0.479. The highest BCUT2D eigenvalue weighted by Gasteiger charge is 2.15. The smallest absolute Gasteiger partial charge is 0.104 e. The fraction of sp³-hybridized carbons (Fsp3) is 0.286. The molecule has 3 heteroatoms. The quantitative estimate of drug-likeness (QED) is 0.878. The van der Waals surface area contributed by atoms with Gasteiger partial charge in [0.05, 0.1) is 6.26 Å². The summed E-state index contributed by atoms with van der Waals surface area (Å²) in [5, 5.41) is 4.02. The highest BCUT2D eigenvalue weighted by atomic mass is 35.5. The standard InChI is InChI=1S/C14H16ClNO/c1-16-10-11(9-12-5-4-8-17-12)13-6-2-3-7-14(13)15/h2-8,11,16H,9-10H2,1H3. The third-order valence-electron chi connectivity index (χ3n) is 2.82. The summed E-state index contributed by atoms with van der Waals surface area (Å²) in [5.74, 6) is 1.32. The van der Waals surface area contributed by atoms with Crippen molar-refractivity contribution < 1.29 is 4.42 Å². The van der Waals surface area contributed by atoms with Crippen LogP contribution in [0.4, 0.5) is 0 Å². The summed E-state index contributed by atoms with van der Waals surface area (Å²) in [6.45, 7) is 0.879. The van der Waals surface area contributed by atoms with E-state index >= 15 is 0 Å². The van der Waals surface area contributed by atoms with Gasteiger partial charge in [0.25, 0.3) is 0 Å². The van der Waals surface area contributed by atoms with Gasteiger partial charge in [-0.25, -0.2) is 0 Å². The second-order valence-corrected chi connectivity index (χ2v) is 4.47. The Labute approximate surface area is 107 Å². The number of halogens is 1. The number of hydrogen-bond donors (Lipinski definition) is 1. The van der Waals surface area contributed by atoms with E-state index < -0.39 is 0 Å². The van der Waals surface area contributed by atoms with Gasteiger partial charge in [-0.15, -0.1) is 0 Å². The van der Waals surface area contributed by atoms with E-state index in [0.29, 0.717) is 5.92 Å². The van der Waals surface area contributed by atoms with Crippen molar-refractivity contribution in [3.63, 3.8) is 0 Å². The van der Waals surface area contributed by atoms with Crippen molar-refractivity contribution in [1.82, 2.24) is 5.32 Å². The SMILES string of the molecule is CNCC(Cc1ccco1)c1ccccc1Cl. The second-order valence-electron chi connectivity index (χ2n) is 4.06. The van der Waals surface area contributed by atoms with Gasteiger partial charge in [-0.1, -0.05) is 29.8 Å². The zero-order valence-electron chi connectivity index (χ0n) is 9.82. The molecule has 1 aromatic carbocycles. The Kier molecular flexibility index (Phi) is 4.24. The molecule has 1 heterocycles. The Morgan fingerprint density at radius 2 is 2.06 bits per heavy atom. The number of furan rings is 1. The molecule has 1 atom stereocenters. The van der Waals surface area contributed by atoms with Gasteiger partial charge in [-0.05, 0) is 30.8 Å². The predicted molar refractivity (Wildman–Crippen MR) is 70.5 cm³/mol. The number of benzene rings is 1. The molecule has 17 heavy (non-hydrogen) atoms. The molecular formula is C14H16ClNO. The molecular weight excluding hydrogens is 234 g/mol. The minimum Gasteiger partial charge on any atom is -0.469 e. The van der Waals surface area contributed by atoms with Crippen molar-refractivity contribution in [2.75, 3.05) is 13.6 Å². The minimum atomic E-state index is 0.333. The van der Waals surface area contributed by atoms with Crippen LogP contribution in [0.2, 0.25) is 5.02 Å². The van der Waals surface area contributed by atoms with Crippen LogP contribution in [-0.2, 0) is 6.42 Å². The molecule has 0 aliphatic carbocycles. The minimum absolute atomic E-state index is 0.333. The zero-order chi connectivity index (χ0) is 12.1. The highest BCUT2D eigenvalue weighted by Crippen LogP contribution is 2.27. The summed E-state index contributed by atoms with van der Waals surface area (Å²) in [5.41, 5.74) is 1.17. The van der Waals surface area contributed by atoms with Crippen molar-refractivity contribution in [1.29, 1.82) is 0 Å². The third-order valence-corrected chi connectivity index (χ3v) is 3.17. The first-order chi connectivity index (χ1) is 8.31. The average molecular weight is 250 g/mol. The van der Waals surface area contributed by atoms with Gasteiger partial charge in [-0.3, -0.25) is 0 Å². The van der Waals surface area contributed by atoms with Gasteiger partial charge < -0.3 is 9.73 Å². The molecule has 2 nitrogen and oxygen atoms in total. The van der Waals surface area contributed by atoms with Crippen LogP contribution in [0, 0.1) is 0 Å². The van der Waals surface area contributed by atoms with Crippen LogP contribution < -0.4 is 5.32 Å². The summed E-state index contributed by atoms with van der Waals surface area (Å²) < 4.78 is 5.40. The first kappa shape index (κ1) is 12.2. The van der Waals surface area contributed by atoms with E-state index in [0.717, 1.165) is 23.7 Å². The molecule has 0 spiro atoms. The largest absolute Gasteiger partial charge is 0.469 e. The molecule has 1 N–H and O–H groups in total. The van der Waals surface area contributed by atoms with Gasteiger partial charge >= 0.3 is 0 Å². The number of rotatable bonds is 5. The van der Waals surface area contributed by atoms with Crippen molar-refractivity contribution in [2.45, 2.75) is 12.3 Å². The monoisotopic (exact) mass is 249 g/mol. The normalized spacial score (nSPS) is 12.6. The number of hydrogen-bond acceptors (Lipinski definition) is 2. The van der Waals surface area contributed by atoms with E-state index in [2.05, 4.69) is 11.4 Å². The molecule has 0 saturated carbocycles. The second kappa shape index (κ2) is 5.89. The fourth-order valence-electron chi connectivity index (χ4n) is 2.02. The van der Waals surface area contributed by atoms with Crippen LogP contribution in [0.15, 0.2) is 47.1 Å². The van der Waals surface area contributed by atoms with Crippen LogP contribution in [-0.4, -0.2) is 13.6 Å². The van der Waals surface area contributed by atoms with Gasteiger partial charge in [0.2, 0.25) is 0 Å². The summed E-state index contributed by atoms with van der Waals surface area (Å²) >= 11 is 6.24. The molecule has 2 rings (SSSR count). The Bertz CT molecular complexity index is 453. The van der Waals surface area contributed by atoms with Crippen LogP contribution >= 0.6 is 11.6 Å². The van der Waals surface area contributed by atoms with Crippen molar-refractivity contribution >= 4 is 11.6 Å². The average Bonchev–Trinajstić information content (AvgIpc) is 2.82. The Balaban J connectivity index is 2.20. The van der Waals surface area contributed by atoms with E-state index in [1.807, 2.05) is 37.4 Å². The first-order valence-electron chi connectivity index (χ1n) is 5.72. The molecule has 1 aromatic heterocycles. The molecule has 0 fully saturated rings. The first-order valence-corrected chi connectivity index (χ1v) is 6.10. The molecule has 0 aliphatic rings. The predicted octanol–water partition coefficient (Wildman–Crippen LogP) is 3.48. The zero-order valence-corrected chi connectivity index (χ0v) is 10.6. The van der Waals surface area contributed by atoms with Gasteiger partial charge in [0, 0.05) is 23.9 Å². The van der Waals surface area contributed by atoms with Crippen molar-refractivity contribution in [2.24, 2.45) is 0 Å². The fourth-order valence-corrected chi connectivity index (χ4v) is 2.31. The summed E-state index contributed by atoms with van der Waals surface area (Å²) in [7, 11) is 1.95. The number of likely N-dealkylation sites (N-methyl/N-ethyl adjacent to an activating group) is 1. The maximum atomic E-state index is 6.24. The molecule has 90 valence electrons. The van der Waals surface area contributed by atoms with Gasteiger partial charge in [-0.2, -0.15) is 0 Å². The maximum absolute atomic E-state index is 6.24. The Morgan fingerprint density at radius 1 is 1.24 bits per heavy atom. The molecule has 1 unspecified atom stereocenters. The van der Waals surface area contributed by atoms with Gasteiger partial charge in [0.15, 0.2) is 0 Å². The Hall–Kier alpha value is -1.25. The molecule has 0 radical (unpaired) electrons. The lowest BCUT2D eigenvalue weighted by atomic mass is 9.94.